The van der Waals surface area contributed by atoms with Gasteiger partial charge in [-0.1, -0.05) is 6.07 Å². The third-order valence-corrected chi connectivity index (χ3v) is 2.15. The van der Waals surface area contributed by atoms with Crippen LogP contribution in [0.15, 0.2) is 18.2 Å². The standard InChI is InChI=1S/C10H12N4O/c11-8-9-2-1-3-10(12-9)13-14-4-6-15-7-5-14/h1-3H,4-7H2,(H,12,13). The van der Waals surface area contributed by atoms with E-state index in [2.05, 4.69) is 10.4 Å². The maximum absolute atomic E-state index is 8.69. The van der Waals surface area contributed by atoms with Gasteiger partial charge in [0.1, 0.15) is 17.6 Å². The number of hydrogen-bond acceptors (Lipinski definition) is 5. The van der Waals surface area contributed by atoms with Crippen molar-refractivity contribution in [1.82, 2.24) is 9.99 Å². The van der Waals surface area contributed by atoms with E-state index >= 15 is 0 Å². The van der Waals surface area contributed by atoms with Crippen molar-refractivity contribution in [3.63, 3.8) is 0 Å². The number of nitrogens with zero attached hydrogens (tertiary/aromatic N) is 3. The van der Waals surface area contributed by atoms with Crippen molar-refractivity contribution in [2.75, 3.05) is 31.7 Å². The average molecular weight is 204 g/mol. The summed E-state index contributed by atoms with van der Waals surface area (Å²) in [6, 6.07) is 7.35. The quantitative estimate of drug-likeness (QED) is 0.764. The molecule has 1 N–H and O–H groups in total. The molecule has 0 radical (unpaired) electrons. The van der Waals surface area contributed by atoms with Gasteiger partial charge in [-0.05, 0) is 12.1 Å². The normalized spacial score (nSPS) is 17.0. The van der Waals surface area contributed by atoms with Crippen LogP contribution in [0.5, 0.6) is 0 Å². The van der Waals surface area contributed by atoms with Crippen LogP contribution in [0, 0.1) is 11.3 Å². The van der Waals surface area contributed by atoms with Crippen LogP contribution in [-0.4, -0.2) is 36.3 Å². The summed E-state index contributed by atoms with van der Waals surface area (Å²) in [7, 11) is 0. The van der Waals surface area contributed by atoms with Gasteiger partial charge >= 0.3 is 0 Å². The number of hydrazine groups is 1. The van der Waals surface area contributed by atoms with Crippen molar-refractivity contribution in [2.45, 2.75) is 0 Å². The third-order valence-electron chi connectivity index (χ3n) is 2.15. The van der Waals surface area contributed by atoms with E-state index in [0.29, 0.717) is 11.5 Å². The zero-order valence-corrected chi connectivity index (χ0v) is 8.31. The Balaban J connectivity index is 2.00. The lowest BCUT2D eigenvalue weighted by Gasteiger charge is -2.27. The van der Waals surface area contributed by atoms with E-state index in [1.165, 1.54) is 0 Å². The average Bonchev–Trinajstić information content (AvgIpc) is 2.31. The summed E-state index contributed by atoms with van der Waals surface area (Å²) in [6.07, 6.45) is 0. The Kier molecular flexibility index (Phi) is 3.12. The fraction of sp³-hybridized carbons (Fsp3) is 0.400. The smallest absolute Gasteiger partial charge is 0.142 e. The first-order valence-electron chi connectivity index (χ1n) is 4.85. The summed E-state index contributed by atoms with van der Waals surface area (Å²) in [4.78, 5) is 4.13. The molecule has 78 valence electrons. The molecule has 5 nitrogen and oxygen atoms in total. The summed E-state index contributed by atoms with van der Waals surface area (Å²) >= 11 is 0. The zero-order valence-electron chi connectivity index (χ0n) is 8.31. The summed E-state index contributed by atoms with van der Waals surface area (Å²) in [6.45, 7) is 3.12. The van der Waals surface area contributed by atoms with Gasteiger partial charge in [0.05, 0.1) is 13.2 Å². The lowest BCUT2D eigenvalue weighted by atomic mass is 10.4. The van der Waals surface area contributed by atoms with Crippen LogP contribution in [-0.2, 0) is 4.74 Å². The van der Waals surface area contributed by atoms with E-state index in [1.807, 2.05) is 23.2 Å². The molecule has 2 rings (SSSR count). The highest BCUT2D eigenvalue weighted by molar-refractivity contribution is 5.37. The molecule has 0 amide bonds. The fourth-order valence-electron chi connectivity index (χ4n) is 1.40. The Morgan fingerprint density at radius 1 is 1.40 bits per heavy atom. The first kappa shape index (κ1) is 9.90. The predicted molar refractivity (Wildman–Crippen MR) is 55.0 cm³/mol. The highest BCUT2D eigenvalue weighted by atomic mass is 16.5. The second kappa shape index (κ2) is 4.73. The molecule has 1 aliphatic heterocycles. The van der Waals surface area contributed by atoms with E-state index in [9.17, 15) is 0 Å². The van der Waals surface area contributed by atoms with Gasteiger partial charge in [-0.2, -0.15) is 5.26 Å². The Hall–Kier alpha value is -1.64. The fourth-order valence-corrected chi connectivity index (χ4v) is 1.40. The molecule has 0 atom stereocenters. The first-order valence-corrected chi connectivity index (χ1v) is 4.85. The molecule has 1 fully saturated rings. The highest BCUT2D eigenvalue weighted by Gasteiger charge is 2.10. The number of nitrogens with one attached hydrogen (secondary N) is 1. The molecular formula is C10H12N4O. The maximum Gasteiger partial charge on any atom is 0.142 e. The van der Waals surface area contributed by atoms with Gasteiger partial charge in [-0.3, -0.25) is 0 Å². The second-order valence-corrected chi connectivity index (χ2v) is 3.23. The van der Waals surface area contributed by atoms with Gasteiger partial charge in [0.25, 0.3) is 0 Å². The van der Waals surface area contributed by atoms with Crippen LogP contribution in [0.4, 0.5) is 5.82 Å². The van der Waals surface area contributed by atoms with Gasteiger partial charge in [0, 0.05) is 13.1 Å². The Morgan fingerprint density at radius 2 is 2.20 bits per heavy atom. The first-order chi connectivity index (χ1) is 7.38. The molecular weight excluding hydrogens is 192 g/mol. The van der Waals surface area contributed by atoms with E-state index in [0.717, 1.165) is 26.3 Å². The molecule has 0 bridgehead atoms. The second-order valence-electron chi connectivity index (χ2n) is 3.23. The van der Waals surface area contributed by atoms with Crippen molar-refractivity contribution in [3.05, 3.63) is 23.9 Å². The van der Waals surface area contributed by atoms with Crippen molar-refractivity contribution >= 4 is 5.82 Å². The van der Waals surface area contributed by atoms with Crippen molar-refractivity contribution in [2.24, 2.45) is 0 Å². The number of ether oxygens (including phenoxy) is 1. The van der Waals surface area contributed by atoms with Crippen LogP contribution in [0.3, 0.4) is 0 Å². The molecule has 2 heterocycles. The molecule has 1 aromatic rings. The largest absolute Gasteiger partial charge is 0.379 e. The number of morpholine rings is 1. The lowest BCUT2D eigenvalue weighted by Crippen LogP contribution is -2.40. The molecule has 0 spiro atoms. The van der Waals surface area contributed by atoms with Crippen LogP contribution >= 0.6 is 0 Å². The highest BCUT2D eigenvalue weighted by Crippen LogP contribution is 2.06. The van der Waals surface area contributed by atoms with E-state index in [1.54, 1.807) is 6.07 Å². The Bertz CT molecular complexity index is 368. The van der Waals surface area contributed by atoms with Gasteiger partial charge in [0.15, 0.2) is 0 Å². The van der Waals surface area contributed by atoms with Gasteiger partial charge < -0.3 is 10.2 Å². The van der Waals surface area contributed by atoms with E-state index in [4.69, 9.17) is 10.00 Å². The molecule has 1 aliphatic rings. The molecule has 5 heteroatoms. The SMILES string of the molecule is N#Cc1cccc(NN2CCOCC2)n1. The predicted octanol–water partition coefficient (Wildman–Crippen LogP) is 0.612. The topological polar surface area (TPSA) is 61.2 Å². The third kappa shape index (κ3) is 2.65. The van der Waals surface area contributed by atoms with Gasteiger partial charge in [-0.15, -0.1) is 0 Å². The minimum atomic E-state index is 0.424. The Morgan fingerprint density at radius 3 is 2.93 bits per heavy atom. The summed E-state index contributed by atoms with van der Waals surface area (Å²) < 4.78 is 5.23. The maximum atomic E-state index is 8.69. The molecule has 0 aromatic carbocycles. The van der Waals surface area contributed by atoms with Crippen LogP contribution in [0.25, 0.3) is 0 Å². The van der Waals surface area contributed by atoms with Crippen LogP contribution in [0.1, 0.15) is 5.69 Å². The minimum absolute atomic E-state index is 0.424. The summed E-state index contributed by atoms with van der Waals surface area (Å²) in [5.74, 6) is 0.705. The van der Waals surface area contributed by atoms with Crippen molar-refractivity contribution in [3.8, 4) is 6.07 Å². The van der Waals surface area contributed by atoms with E-state index < -0.39 is 0 Å². The molecule has 0 unspecified atom stereocenters. The summed E-state index contributed by atoms with van der Waals surface area (Å²) in [5.41, 5.74) is 3.57. The summed E-state index contributed by atoms with van der Waals surface area (Å²) in [5, 5.41) is 10.7. The molecule has 1 saturated heterocycles. The van der Waals surface area contributed by atoms with E-state index in [-0.39, 0.29) is 0 Å². The number of rotatable bonds is 2. The number of anilines is 1. The molecule has 0 saturated carbocycles. The monoisotopic (exact) mass is 204 g/mol. The van der Waals surface area contributed by atoms with Crippen LogP contribution < -0.4 is 5.43 Å². The number of aromatic nitrogens is 1. The number of hydrogen-bond donors (Lipinski definition) is 1. The van der Waals surface area contributed by atoms with Crippen molar-refractivity contribution in [1.29, 1.82) is 5.26 Å². The molecule has 1 aromatic heterocycles. The minimum Gasteiger partial charge on any atom is -0.379 e. The van der Waals surface area contributed by atoms with Gasteiger partial charge in [-0.25, -0.2) is 9.99 Å². The lowest BCUT2D eigenvalue weighted by molar-refractivity contribution is 0.0495. The zero-order chi connectivity index (χ0) is 10.5. The van der Waals surface area contributed by atoms with Gasteiger partial charge in [0.2, 0.25) is 0 Å². The van der Waals surface area contributed by atoms with Crippen molar-refractivity contribution < 1.29 is 4.74 Å². The Labute approximate surface area is 88.3 Å². The van der Waals surface area contributed by atoms with Crippen LogP contribution in [0.2, 0.25) is 0 Å². The molecule has 15 heavy (non-hydrogen) atoms. The number of nitriles is 1. The number of pyridine rings is 1. The molecule has 0 aliphatic carbocycles.